The van der Waals surface area contributed by atoms with Gasteiger partial charge >= 0.3 is 5.69 Å². The van der Waals surface area contributed by atoms with E-state index in [0.717, 1.165) is 5.56 Å². The Morgan fingerprint density at radius 3 is 2.84 bits per heavy atom. The van der Waals surface area contributed by atoms with Crippen LogP contribution < -0.4 is 16.2 Å². The molecule has 0 atom stereocenters. The van der Waals surface area contributed by atoms with Crippen LogP contribution in [0.2, 0.25) is 0 Å². The molecule has 0 amide bonds. The number of rotatable bonds is 5. The smallest absolute Gasteiger partial charge is 0.327 e. The summed E-state index contributed by atoms with van der Waals surface area (Å²) in [5.41, 5.74) is 6.27. The minimum Gasteiger partial charge on any atom is -0.492 e. The van der Waals surface area contributed by atoms with E-state index in [1.807, 2.05) is 18.2 Å². The fraction of sp³-hybridized carbons (Fsp3) is 0.231. The second kappa shape index (κ2) is 5.71. The Bertz CT molecular complexity index is 645. The van der Waals surface area contributed by atoms with Crippen molar-refractivity contribution in [3.05, 3.63) is 52.7 Å². The van der Waals surface area contributed by atoms with E-state index in [1.54, 1.807) is 30.1 Å². The topological polar surface area (TPSA) is 62.2 Å². The standard InChI is InChI=1S/C13H15N3O2S/c1-15-5-6-16(13(15)17)7-8-18-11-4-2-3-10(9-11)12(14)19/h2-6,9H,7-8H2,1H3,(H2,14,19). The van der Waals surface area contributed by atoms with Gasteiger partial charge in [0.05, 0.1) is 6.54 Å². The van der Waals surface area contributed by atoms with Gasteiger partial charge in [0.2, 0.25) is 0 Å². The molecule has 0 unspecified atom stereocenters. The molecule has 100 valence electrons. The summed E-state index contributed by atoms with van der Waals surface area (Å²) in [6.45, 7) is 0.904. The average molecular weight is 277 g/mol. The fourth-order valence-electron chi connectivity index (χ4n) is 1.68. The predicted octanol–water partition coefficient (Wildman–Crippen LogP) is 0.900. The molecule has 0 aliphatic heterocycles. The van der Waals surface area contributed by atoms with Gasteiger partial charge in [-0.1, -0.05) is 24.4 Å². The summed E-state index contributed by atoms with van der Waals surface area (Å²) in [5.74, 6) is 0.689. The maximum absolute atomic E-state index is 11.6. The van der Waals surface area contributed by atoms with Gasteiger partial charge < -0.3 is 15.0 Å². The second-order valence-electron chi connectivity index (χ2n) is 4.13. The fourth-order valence-corrected chi connectivity index (χ4v) is 1.81. The van der Waals surface area contributed by atoms with E-state index in [-0.39, 0.29) is 5.69 Å². The maximum Gasteiger partial charge on any atom is 0.327 e. The van der Waals surface area contributed by atoms with Gasteiger partial charge in [0.25, 0.3) is 0 Å². The molecule has 1 aromatic heterocycles. The van der Waals surface area contributed by atoms with Crippen LogP contribution in [-0.4, -0.2) is 20.7 Å². The highest BCUT2D eigenvalue weighted by Gasteiger charge is 2.01. The van der Waals surface area contributed by atoms with E-state index in [0.29, 0.717) is 23.9 Å². The third-order valence-electron chi connectivity index (χ3n) is 2.74. The van der Waals surface area contributed by atoms with Gasteiger partial charge in [-0.25, -0.2) is 4.79 Å². The molecule has 0 saturated carbocycles. The monoisotopic (exact) mass is 277 g/mol. The first-order chi connectivity index (χ1) is 9.08. The molecule has 19 heavy (non-hydrogen) atoms. The zero-order valence-corrected chi connectivity index (χ0v) is 11.4. The molecule has 0 fully saturated rings. The van der Waals surface area contributed by atoms with Crippen LogP contribution >= 0.6 is 12.2 Å². The number of thiocarbonyl (C=S) groups is 1. The van der Waals surface area contributed by atoms with Crippen molar-refractivity contribution in [1.82, 2.24) is 9.13 Å². The lowest BCUT2D eigenvalue weighted by atomic mass is 10.2. The lowest BCUT2D eigenvalue weighted by molar-refractivity contribution is 0.296. The first kappa shape index (κ1) is 13.4. The highest BCUT2D eigenvalue weighted by molar-refractivity contribution is 7.80. The minimum atomic E-state index is -0.0551. The highest BCUT2D eigenvalue weighted by Crippen LogP contribution is 2.13. The van der Waals surface area contributed by atoms with Crippen molar-refractivity contribution in [3.8, 4) is 5.75 Å². The van der Waals surface area contributed by atoms with Crippen molar-refractivity contribution >= 4 is 17.2 Å². The zero-order valence-electron chi connectivity index (χ0n) is 10.6. The van der Waals surface area contributed by atoms with E-state index in [9.17, 15) is 4.79 Å². The molecule has 0 radical (unpaired) electrons. The molecular weight excluding hydrogens is 262 g/mol. The first-order valence-electron chi connectivity index (χ1n) is 5.82. The molecule has 0 spiro atoms. The van der Waals surface area contributed by atoms with E-state index in [4.69, 9.17) is 22.7 Å². The lowest BCUT2D eigenvalue weighted by Gasteiger charge is -2.07. The Morgan fingerprint density at radius 2 is 2.21 bits per heavy atom. The highest BCUT2D eigenvalue weighted by atomic mass is 32.1. The number of hydrogen-bond acceptors (Lipinski definition) is 3. The summed E-state index contributed by atoms with van der Waals surface area (Å²) in [7, 11) is 1.71. The number of aromatic nitrogens is 2. The molecule has 6 heteroatoms. The van der Waals surface area contributed by atoms with E-state index in [2.05, 4.69) is 0 Å². The average Bonchev–Trinajstić information content (AvgIpc) is 2.71. The van der Waals surface area contributed by atoms with Crippen LogP contribution in [0.25, 0.3) is 0 Å². The van der Waals surface area contributed by atoms with Gasteiger partial charge in [-0.05, 0) is 12.1 Å². The van der Waals surface area contributed by atoms with E-state index >= 15 is 0 Å². The summed E-state index contributed by atoms with van der Waals surface area (Å²) >= 11 is 4.90. The Kier molecular flexibility index (Phi) is 4.01. The Labute approximate surface area is 116 Å². The molecule has 2 aromatic rings. The molecule has 1 heterocycles. The van der Waals surface area contributed by atoms with Crippen molar-refractivity contribution < 1.29 is 4.74 Å². The zero-order chi connectivity index (χ0) is 13.8. The van der Waals surface area contributed by atoms with Crippen LogP contribution in [0.1, 0.15) is 5.56 Å². The van der Waals surface area contributed by atoms with Crippen LogP contribution in [0.3, 0.4) is 0 Å². The Balaban J connectivity index is 1.96. The summed E-state index contributed by atoms with van der Waals surface area (Å²) in [5, 5.41) is 0. The summed E-state index contributed by atoms with van der Waals surface area (Å²) < 4.78 is 8.70. The molecule has 2 rings (SSSR count). The van der Waals surface area contributed by atoms with Crippen LogP contribution in [-0.2, 0) is 13.6 Å². The van der Waals surface area contributed by atoms with Crippen LogP contribution in [0.5, 0.6) is 5.75 Å². The van der Waals surface area contributed by atoms with Gasteiger partial charge in [-0.3, -0.25) is 4.57 Å². The predicted molar refractivity (Wildman–Crippen MR) is 77.5 cm³/mol. The largest absolute Gasteiger partial charge is 0.492 e. The van der Waals surface area contributed by atoms with Gasteiger partial charge in [-0.2, -0.15) is 0 Å². The van der Waals surface area contributed by atoms with Crippen molar-refractivity contribution in [2.24, 2.45) is 12.8 Å². The molecule has 0 bridgehead atoms. The van der Waals surface area contributed by atoms with Crippen molar-refractivity contribution in [1.29, 1.82) is 0 Å². The third-order valence-corrected chi connectivity index (χ3v) is 2.97. The quantitative estimate of drug-likeness (QED) is 0.825. The number of benzene rings is 1. The van der Waals surface area contributed by atoms with Crippen molar-refractivity contribution in [2.45, 2.75) is 6.54 Å². The summed E-state index contributed by atoms with van der Waals surface area (Å²) in [4.78, 5) is 11.9. The van der Waals surface area contributed by atoms with Gasteiger partial charge in [0.1, 0.15) is 17.3 Å². The minimum absolute atomic E-state index is 0.0551. The second-order valence-corrected chi connectivity index (χ2v) is 4.57. The summed E-state index contributed by atoms with van der Waals surface area (Å²) in [6, 6.07) is 7.28. The Morgan fingerprint density at radius 1 is 1.42 bits per heavy atom. The van der Waals surface area contributed by atoms with Crippen molar-refractivity contribution in [3.63, 3.8) is 0 Å². The number of imidazole rings is 1. The molecule has 0 saturated heterocycles. The SMILES string of the molecule is Cn1ccn(CCOc2cccc(C(N)=S)c2)c1=O. The third kappa shape index (κ3) is 3.23. The number of nitrogens with zero attached hydrogens (tertiary/aromatic N) is 2. The molecule has 2 N–H and O–H groups in total. The van der Waals surface area contributed by atoms with Crippen molar-refractivity contribution in [2.75, 3.05) is 6.61 Å². The molecule has 0 aliphatic rings. The molecular formula is C13H15N3O2S. The molecule has 0 aliphatic carbocycles. The molecule has 1 aromatic carbocycles. The number of hydrogen-bond donors (Lipinski definition) is 1. The van der Waals surface area contributed by atoms with Gasteiger partial charge in [0, 0.05) is 25.0 Å². The number of ether oxygens (including phenoxy) is 1. The van der Waals surface area contributed by atoms with Crippen LogP contribution in [0.4, 0.5) is 0 Å². The maximum atomic E-state index is 11.6. The van der Waals surface area contributed by atoms with Crippen LogP contribution in [0.15, 0.2) is 41.5 Å². The van der Waals surface area contributed by atoms with Gasteiger partial charge in [0.15, 0.2) is 0 Å². The van der Waals surface area contributed by atoms with Crippen LogP contribution in [0, 0.1) is 0 Å². The first-order valence-corrected chi connectivity index (χ1v) is 6.23. The van der Waals surface area contributed by atoms with E-state index in [1.165, 1.54) is 4.57 Å². The van der Waals surface area contributed by atoms with Gasteiger partial charge in [-0.15, -0.1) is 0 Å². The number of nitrogens with two attached hydrogens (primary N) is 1. The number of aryl methyl sites for hydroxylation is 1. The Hall–Kier alpha value is -2.08. The normalized spacial score (nSPS) is 10.4. The summed E-state index contributed by atoms with van der Waals surface area (Å²) in [6.07, 6.45) is 3.45. The van der Waals surface area contributed by atoms with E-state index < -0.39 is 0 Å². The lowest BCUT2D eigenvalue weighted by Crippen LogP contribution is -2.24. The molecule has 5 nitrogen and oxygen atoms in total.